The van der Waals surface area contributed by atoms with E-state index in [1.54, 1.807) is 6.92 Å². The largest absolute Gasteiger partial charge is 0.477 e. The second kappa shape index (κ2) is 7.20. The van der Waals surface area contributed by atoms with E-state index >= 15 is 0 Å². The molecule has 3 N–H and O–H groups in total. The van der Waals surface area contributed by atoms with E-state index in [2.05, 4.69) is 10.2 Å². The summed E-state index contributed by atoms with van der Waals surface area (Å²) in [5.41, 5.74) is 0.0440. The third kappa shape index (κ3) is 3.17. The Balaban J connectivity index is 1.67. The molecule has 3 aliphatic heterocycles. The Morgan fingerprint density at radius 2 is 2.17 bits per heavy atom. The topological polar surface area (TPSA) is 93.1 Å². The number of carboxylic acid groups (broad SMARTS) is 1. The summed E-state index contributed by atoms with van der Waals surface area (Å²) in [6.07, 6.45) is -0.782. The molecule has 3 heterocycles. The number of amides is 1. The van der Waals surface area contributed by atoms with Gasteiger partial charge in [-0.25, -0.2) is 4.79 Å². The molecule has 0 radical (unpaired) electrons. The van der Waals surface area contributed by atoms with Gasteiger partial charge >= 0.3 is 5.97 Å². The number of thioether (sulfide) groups is 2. The number of β-lactam (4-membered cyclic amide) rings is 1. The number of fused-ring (bicyclic) bond motifs is 1. The van der Waals surface area contributed by atoms with Gasteiger partial charge in [-0.3, -0.25) is 9.69 Å². The van der Waals surface area contributed by atoms with Crippen LogP contribution in [0.4, 0.5) is 0 Å². The van der Waals surface area contributed by atoms with E-state index in [1.165, 1.54) is 28.4 Å². The van der Waals surface area contributed by atoms with Crippen LogP contribution in [0.15, 0.2) is 10.6 Å². The molecule has 2 fully saturated rings. The maximum Gasteiger partial charge on any atom is 0.353 e. The molecule has 132 valence electrons. The van der Waals surface area contributed by atoms with Crippen molar-refractivity contribution < 1.29 is 19.8 Å². The number of thiocarbonyl (C=S) groups is 1. The molecule has 7 nitrogen and oxygen atoms in total. The quantitative estimate of drug-likeness (QED) is 0.458. The molecule has 0 aromatic carbocycles. The van der Waals surface area contributed by atoms with Gasteiger partial charge in [0.2, 0.25) is 5.91 Å². The van der Waals surface area contributed by atoms with E-state index in [9.17, 15) is 19.8 Å². The molecule has 0 bridgehead atoms. The van der Waals surface area contributed by atoms with Crippen molar-refractivity contribution in [3.05, 3.63) is 10.6 Å². The molecule has 0 aliphatic carbocycles. The summed E-state index contributed by atoms with van der Waals surface area (Å²) in [6, 6.07) is 0. The van der Waals surface area contributed by atoms with E-state index < -0.39 is 18.0 Å². The third-order valence-corrected chi connectivity index (χ3v) is 7.38. The lowest BCUT2D eigenvalue weighted by Crippen LogP contribution is -2.60. The second-order valence-electron chi connectivity index (χ2n) is 5.85. The number of aliphatic carboxylic acids is 1. The van der Waals surface area contributed by atoms with Gasteiger partial charge in [-0.1, -0.05) is 24.0 Å². The predicted octanol–water partition coefficient (Wildman–Crippen LogP) is 0.118. The highest BCUT2D eigenvalue weighted by Gasteiger charge is 2.57. The zero-order chi connectivity index (χ0) is 17.4. The summed E-state index contributed by atoms with van der Waals surface area (Å²) >= 11 is 8.23. The Bertz CT molecular complexity index is 604. The molecule has 3 atom stereocenters. The van der Waals surface area contributed by atoms with Crippen molar-refractivity contribution in [3.8, 4) is 0 Å². The van der Waals surface area contributed by atoms with Crippen LogP contribution >= 0.6 is 35.7 Å². The van der Waals surface area contributed by atoms with Crippen molar-refractivity contribution in [1.82, 2.24) is 15.1 Å². The minimum Gasteiger partial charge on any atom is -0.477 e. The zero-order valence-electron chi connectivity index (χ0n) is 13.1. The molecular formula is C14H19N3O4S3. The van der Waals surface area contributed by atoms with Gasteiger partial charge in [-0.15, -0.1) is 11.8 Å². The summed E-state index contributed by atoms with van der Waals surface area (Å²) in [6.45, 7) is 5.04. The lowest BCUT2D eigenvalue weighted by Gasteiger charge is -2.43. The first-order valence-corrected chi connectivity index (χ1v) is 9.96. The number of piperazine rings is 1. The normalized spacial score (nSPS) is 27.8. The molecule has 0 spiro atoms. The van der Waals surface area contributed by atoms with Crippen molar-refractivity contribution in [2.75, 3.05) is 31.9 Å². The molecule has 0 unspecified atom stereocenters. The monoisotopic (exact) mass is 389 g/mol. The first kappa shape index (κ1) is 18.0. The maximum atomic E-state index is 12.1. The van der Waals surface area contributed by atoms with Gasteiger partial charge in [0.15, 0.2) is 0 Å². The van der Waals surface area contributed by atoms with Crippen molar-refractivity contribution in [1.29, 1.82) is 0 Å². The van der Waals surface area contributed by atoms with Crippen LogP contribution in [0, 0.1) is 5.92 Å². The molecule has 10 heteroatoms. The van der Waals surface area contributed by atoms with Crippen LogP contribution in [0.1, 0.15) is 6.92 Å². The molecule has 3 aliphatic rings. The number of hydrogen-bond acceptors (Lipinski definition) is 7. The van der Waals surface area contributed by atoms with Crippen LogP contribution in [-0.4, -0.2) is 79.6 Å². The average molecular weight is 390 g/mol. The van der Waals surface area contributed by atoms with Gasteiger partial charge in [0.05, 0.1) is 12.0 Å². The number of carbonyl (C=O) groups excluding carboxylic acids is 1. The minimum absolute atomic E-state index is 0.0440. The van der Waals surface area contributed by atoms with Crippen LogP contribution in [0.2, 0.25) is 0 Å². The molecule has 2 saturated heterocycles. The molecule has 24 heavy (non-hydrogen) atoms. The van der Waals surface area contributed by atoms with Crippen LogP contribution in [0.25, 0.3) is 0 Å². The summed E-state index contributed by atoms with van der Waals surface area (Å²) in [4.78, 5) is 27.8. The number of aliphatic hydroxyl groups is 1. The van der Waals surface area contributed by atoms with Crippen LogP contribution < -0.4 is 5.32 Å². The Morgan fingerprint density at radius 3 is 2.75 bits per heavy atom. The van der Waals surface area contributed by atoms with Gasteiger partial charge < -0.3 is 20.4 Å². The van der Waals surface area contributed by atoms with Gasteiger partial charge in [-0.2, -0.15) is 0 Å². The second-order valence-corrected chi connectivity index (χ2v) is 8.67. The van der Waals surface area contributed by atoms with Crippen LogP contribution in [-0.2, 0) is 9.59 Å². The molecular weight excluding hydrogens is 370 g/mol. The van der Waals surface area contributed by atoms with E-state index in [4.69, 9.17) is 12.2 Å². The van der Waals surface area contributed by atoms with Gasteiger partial charge in [-0.05, 0) is 6.92 Å². The van der Waals surface area contributed by atoms with Crippen molar-refractivity contribution >= 4 is 51.9 Å². The maximum absolute atomic E-state index is 12.1. The first-order valence-electron chi connectivity index (χ1n) is 7.68. The van der Waals surface area contributed by atoms with Crippen molar-refractivity contribution in [3.63, 3.8) is 0 Å². The average Bonchev–Trinajstić information content (AvgIpc) is 2.87. The van der Waals surface area contributed by atoms with Crippen molar-refractivity contribution in [2.24, 2.45) is 5.92 Å². The summed E-state index contributed by atoms with van der Waals surface area (Å²) in [5.74, 6) is -1.52. The number of carboxylic acids is 1. The smallest absolute Gasteiger partial charge is 0.353 e. The Morgan fingerprint density at radius 1 is 1.50 bits per heavy atom. The molecule has 1 amide bonds. The third-order valence-electron chi connectivity index (χ3n) is 4.28. The summed E-state index contributed by atoms with van der Waals surface area (Å²) in [5, 5.41) is 22.1. The number of hydrogen-bond donors (Lipinski definition) is 3. The van der Waals surface area contributed by atoms with Gasteiger partial charge in [0.1, 0.15) is 15.4 Å². The molecule has 0 aromatic heterocycles. The molecule has 0 aromatic rings. The number of carbonyl (C=O) groups is 2. The van der Waals surface area contributed by atoms with E-state index in [1.807, 2.05) is 0 Å². The van der Waals surface area contributed by atoms with Crippen molar-refractivity contribution in [2.45, 2.75) is 18.4 Å². The first-order chi connectivity index (χ1) is 11.4. The fraction of sp³-hybridized carbons (Fsp3) is 0.643. The number of nitrogens with zero attached hydrogens (tertiary/aromatic N) is 2. The zero-order valence-corrected chi connectivity index (χ0v) is 15.5. The SMILES string of the molecule is C[C@@H](O)[C@H]1C(=O)N2C(C(=O)O)=C(CSC(=S)N3CCNCC3)S[C@H]12. The highest BCUT2D eigenvalue weighted by Crippen LogP contribution is 2.51. The Kier molecular flexibility index (Phi) is 5.40. The summed E-state index contributed by atoms with van der Waals surface area (Å²) in [7, 11) is 0. The van der Waals surface area contributed by atoms with E-state index in [-0.39, 0.29) is 17.0 Å². The Labute approximate surface area is 153 Å². The highest BCUT2D eigenvalue weighted by atomic mass is 32.2. The lowest BCUT2D eigenvalue weighted by atomic mass is 9.92. The van der Waals surface area contributed by atoms with Gasteiger partial charge in [0, 0.05) is 36.8 Å². The highest BCUT2D eigenvalue weighted by molar-refractivity contribution is 8.23. The van der Waals surface area contributed by atoms with E-state index in [0.29, 0.717) is 10.7 Å². The van der Waals surface area contributed by atoms with Crippen LogP contribution in [0.5, 0.6) is 0 Å². The summed E-state index contributed by atoms with van der Waals surface area (Å²) < 4.78 is 0.752. The van der Waals surface area contributed by atoms with E-state index in [0.717, 1.165) is 30.5 Å². The minimum atomic E-state index is -1.11. The Hall–Kier alpha value is -0.810. The lowest BCUT2D eigenvalue weighted by molar-refractivity contribution is -0.156. The fourth-order valence-electron chi connectivity index (χ4n) is 3.02. The molecule has 3 rings (SSSR count). The van der Waals surface area contributed by atoms with Crippen LogP contribution in [0.3, 0.4) is 0 Å². The standard InChI is InChI=1S/C14H19N3O4S3/c1-7(18)9-11(19)17-10(13(20)21)8(24-12(9)17)6-23-14(22)16-4-2-15-3-5-16/h7,9,12,15,18H,2-6H2,1H3,(H,20,21)/t7-,9+,12-/m1/s1. The number of rotatable bonds is 4. The number of aliphatic hydroxyl groups excluding tert-OH is 1. The number of nitrogens with one attached hydrogen (secondary N) is 1. The van der Waals surface area contributed by atoms with Gasteiger partial charge in [0.25, 0.3) is 0 Å². The fourth-order valence-corrected chi connectivity index (χ4v) is 5.98. The molecule has 0 saturated carbocycles. The predicted molar refractivity (Wildman–Crippen MR) is 97.6 cm³/mol.